The van der Waals surface area contributed by atoms with Gasteiger partial charge in [0.15, 0.2) is 37.6 Å². The molecule has 1 aliphatic carbocycles. The first-order chi connectivity index (χ1) is 52.0. The van der Waals surface area contributed by atoms with Crippen LogP contribution in [0.15, 0.2) is 0 Å². The Kier molecular flexibility index (Phi) is 43.2. The third kappa shape index (κ3) is 29.2. The van der Waals surface area contributed by atoms with Crippen LogP contribution in [0.5, 0.6) is 0 Å². The van der Waals surface area contributed by atoms with Crippen molar-refractivity contribution < 1.29 is 187 Å². The summed E-state index contributed by atoms with van der Waals surface area (Å²) in [6.45, 7) is -1.92. The average Bonchev–Trinajstić information content (AvgIpc) is 0.759. The summed E-state index contributed by atoms with van der Waals surface area (Å²) >= 11 is 0. The molecular formula is C70H127O38P. The molecule has 0 bridgehead atoms. The minimum Gasteiger partial charge on any atom is -0.462 e. The quantitative estimate of drug-likeness (QED) is 0.0159. The van der Waals surface area contributed by atoms with Crippen LogP contribution < -0.4 is 0 Å². The fraction of sp³-hybridized carbons (Fsp3) is 0.971. The van der Waals surface area contributed by atoms with Crippen LogP contribution in [0.3, 0.4) is 0 Å². The summed E-state index contributed by atoms with van der Waals surface area (Å²) in [5, 5.41) is 217. The molecule has 0 aromatic carbocycles. The van der Waals surface area contributed by atoms with E-state index >= 15 is 0 Å². The Bertz CT molecular complexity index is 2540. The Morgan fingerprint density at radius 3 is 0.945 bits per heavy atom. The zero-order chi connectivity index (χ0) is 80.1. The minimum atomic E-state index is -5.85. The molecule has 6 fully saturated rings. The van der Waals surface area contributed by atoms with Crippen LogP contribution in [-0.2, 0) is 80.0 Å². The fourth-order valence-electron chi connectivity index (χ4n) is 13.8. The van der Waals surface area contributed by atoms with Crippen LogP contribution in [0, 0.1) is 0 Å². The summed E-state index contributed by atoms with van der Waals surface area (Å²) < 4.78 is 92.8. The number of unbranched alkanes of at least 4 members (excludes halogenated alkanes) is 23. The molecular weight excluding hydrogens is 1480 g/mol. The van der Waals surface area contributed by atoms with Crippen LogP contribution in [0.1, 0.15) is 187 Å². The zero-order valence-electron chi connectivity index (χ0n) is 62.3. The molecule has 39 heteroatoms. The highest BCUT2D eigenvalue weighted by Gasteiger charge is 2.59. The first-order valence-electron chi connectivity index (χ1n) is 38.9. The van der Waals surface area contributed by atoms with Crippen molar-refractivity contribution in [2.75, 3.05) is 46.2 Å². The lowest BCUT2D eigenvalue weighted by atomic mass is 9.84. The molecule has 0 amide bonds. The number of esters is 2. The van der Waals surface area contributed by atoms with E-state index in [1.165, 1.54) is 70.6 Å². The first-order valence-corrected chi connectivity index (χ1v) is 40.4. The smallest absolute Gasteiger partial charge is 0.462 e. The highest BCUT2D eigenvalue weighted by Crippen LogP contribution is 2.49. The lowest BCUT2D eigenvalue weighted by Crippen LogP contribution is -2.69. The van der Waals surface area contributed by atoms with E-state index < -0.39 is 262 Å². The minimum absolute atomic E-state index is 0.0151. The number of aliphatic hydroxyl groups is 20. The summed E-state index contributed by atoms with van der Waals surface area (Å²) in [7, 11) is -5.85. The monoisotopic (exact) mass is 1610 g/mol. The zero-order valence-corrected chi connectivity index (χ0v) is 63.2. The lowest BCUT2D eigenvalue weighted by Gasteiger charge is -2.49. The Labute approximate surface area is 634 Å². The molecule has 6 rings (SSSR count). The van der Waals surface area contributed by atoms with Crippen LogP contribution in [0.25, 0.3) is 0 Å². The van der Waals surface area contributed by atoms with Gasteiger partial charge in [0.2, 0.25) is 0 Å². The number of aliphatic hydroxyl groups excluding tert-OH is 20. The molecule has 21 N–H and O–H groups in total. The number of rotatable bonds is 50. The Morgan fingerprint density at radius 1 is 0.330 bits per heavy atom. The highest BCUT2D eigenvalue weighted by atomic mass is 31.2. The molecule has 0 aromatic rings. The van der Waals surface area contributed by atoms with Gasteiger partial charge in [0.1, 0.15) is 165 Å². The topological polar surface area (TPSA) is 605 Å². The maximum absolute atomic E-state index is 14.4. The summed E-state index contributed by atoms with van der Waals surface area (Å²) in [6.07, 6.45) is -40.6. The number of phosphoric acid groups is 1. The molecule has 14 unspecified atom stereocenters. The van der Waals surface area contributed by atoms with Crippen molar-refractivity contribution in [1.29, 1.82) is 0 Å². The van der Waals surface area contributed by atoms with Gasteiger partial charge in [0.05, 0.1) is 39.6 Å². The average molecular weight is 1610 g/mol. The van der Waals surface area contributed by atoms with E-state index in [9.17, 15) is 121 Å². The summed E-state index contributed by atoms with van der Waals surface area (Å²) in [5.41, 5.74) is 0. The molecule has 0 radical (unpaired) electrons. The van der Waals surface area contributed by atoms with Gasteiger partial charge in [-0.2, -0.15) is 0 Å². The van der Waals surface area contributed by atoms with Gasteiger partial charge in [-0.1, -0.05) is 162 Å². The van der Waals surface area contributed by atoms with Crippen molar-refractivity contribution in [3.05, 3.63) is 0 Å². The molecule has 640 valence electrons. The molecule has 109 heavy (non-hydrogen) atoms. The van der Waals surface area contributed by atoms with E-state index in [2.05, 4.69) is 13.8 Å². The van der Waals surface area contributed by atoms with Crippen molar-refractivity contribution in [1.82, 2.24) is 0 Å². The highest BCUT2D eigenvalue weighted by molar-refractivity contribution is 7.47. The van der Waals surface area contributed by atoms with Crippen molar-refractivity contribution in [3.8, 4) is 0 Å². The van der Waals surface area contributed by atoms with Crippen LogP contribution >= 0.6 is 7.82 Å². The van der Waals surface area contributed by atoms with Gasteiger partial charge in [0.25, 0.3) is 0 Å². The van der Waals surface area contributed by atoms with Crippen molar-refractivity contribution in [3.63, 3.8) is 0 Å². The summed E-state index contributed by atoms with van der Waals surface area (Å²) in [5.74, 6) is -1.47. The number of hydrogen-bond donors (Lipinski definition) is 21. The second-order valence-electron chi connectivity index (χ2n) is 29.4. The Balaban J connectivity index is 1.14. The van der Waals surface area contributed by atoms with E-state index in [1.807, 2.05) is 0 Å². The molecule has 5 saturated heterocycles. The molecule has 38 nitrogen and oxygen atoms in total. The molecule has 5 aliphatic heterocycles. The third-order valence-electron chi connectivity index (χ3n) is 20.7. The van der Waals surface area contributed by atoms with Crippen molar-refractivity contribution >= 4 is 19.8 Å². The molecule has 1 saturated carbocycles. The molecule has 5 heterocycles. The summed E-state index contributed by atoms with van der Waals surface area (Å²) in [6, 6.07) is 0. The van der Waals surface area contributed by atoms with Crippen LogP contribution in [-0.4, -0.2) is 361 Å². The largest absolute Gasteiger partial charge is 0.472 e. The number of carbonyl (C=O) groups is 2. The van der Waals surface area contributed by atoms with Gasteiger partial charge in [0, 0.05) is 12.8 Å². The Hall–Kier alpha value is -2.15. The molecule has 0 aromatic heterocycles. The second-order valence-corrected chi connectivity index (χ2v) is 30.8. The maximum atomic E-state index is 14.4. The van der Waals surface area contributed by atoms with Gasteiger partial charge in [-0.3, -0.25) is 18.6 Å². The summed E-state index contributed by atoms with van der Waals surface area (Å²) in [4.78, 5) is 38.2. The number of phosphoric ester groups is 1. The van der Waals surface area contributed by atoms with Gasteiger partial charge < -0.3 is 164 Å². The maximum Gasteiger partial charge on any atom is 0.472 e. The van der Waals surface area contributed by atoms with Crippen molar-refractivity contribution in [2.24, 2.45) is 0 Å². The van der Waals surface area contributed by atoms with E-state index in [0.29, 0.717) is 19.3 Å². The molecule has 6 aliphatic rings. The van der Waals surface area contributed by atoms with Gasteiger partial charge in [-0.15, -0.1) is 0 Å². The number of carbonyl (C=O) groups excluding carboxylic acids is 2. The number of hydrogen-bond acceptors (Lipinski definition) is 37. The SMILES string of the molecule is CCCCCCCCCCCCCCCCC(=O)OC[C@H](COP(=O)(O)O[C@@H]1C(O[C@@H]2OC(CO[C@@H]3OC(CO[C@@H]4OC(CO[C@@H]5OC(CO)[C@H](O)C(O)[C@@H]5O)[C@H](O)C(O)[C@@H]4O)[C@H](O)C(O)[C@@H]3O)[C@H](O)C(O)[C@@H]2O)C(O)[C@@H](O)C(O)[C@H]1O[C@H]1OC(CO)[C@@H](O)C(O)[C@H]1O)OC(=O)CCCCCCCCCCCCC. The van der Waals surface area contributed by atoms with Crippen LogP contribution in [0.4, 0.5) is 0 Å². The lowest BCUT2D eigenvalue weighted by molar-refractivity contribution is -0.365. The first kappa shape index (κ1) is 95.7. The third-order valence-corrected chi connectivity index (χ3v) is 21.7. The predicted octanol–water partition coefficient (Wildman–Crippen LogP) is -3.54. The Morgan fingerprint density at radius 2 is 0.606 bits per heavy atom. The van der Waals surface area contributed by atoms with Gasteiger partial charge in [-0.05, 0) is 12.8 Å². The number of ether oxygens (including phenoxy) is 12. The predicted molar refractivity (Wildman–Crippen MR) is 371 cm³/mol. The van der Waals surface area contributed by atoms with Gasteiger partial charge >= 0.3 is 19.8 Å². The van der Waals surface area contributed by atoms with E-state index in [4.69, 9.17) is 65.9 Å². The van der Waals surface area contributed by atoms with E-state index in [0.717, 1.165) is 70.6 Å². The standard InChI is InChI=1S/C70H127O38P/c1-3-5-7-9-11-13-15-16-17-19-20-22-24-26-28-43(73)95-32-37(100-44(74)29-27-25-23-21-18-14-12-10-8-6-4-2)33-99-109(93,94)108-65-63(106-69-61(91)51(81)46(76)39(31-72)102-69)56(86)55(85)57(87)64(65)107-70-62(92)54(84)49(79)42(105-70)36-98-68-60(90)53(83)48(78)41(104-68)35-97-67-59(89)52(82)47(77)40(103-67)34-96-66-58(88)50(80)45(75)38(30-71)101-66/h37-42,45-72,75-92H,3-36H2,1-2H3,(H,93,94)/t37-,38?,39?,40?,41?,42?,45+,46-,47+,48+,49+,50?,51?,52?,53?,54?,55+,56?,57?,58+,59+,60+,61-,62+,63-,64?,65+,66-,67-,68-,69-,70+/m1/s1. The molecule has 33 atom stereocenters. The van der Waals surface area contributed by atoms with Crippen LogP contribution in [0.2, 0.25) is 0 Å². The van der Waals surface area contributed by atoms with E-state index in [1.54, 1.807) is 0 Å². The molecule has 0 spiro atoms. The normalized spacial score (nSPS) is 38.9. The fourth-order valence-corrected chi connectivity index (χ4v) is 14.8. The van der Waals surface area contributed by atoms with E-state index in [-0.39, 0.29) is 12.8 Å². The van der Waals surface area contributed by atoms with Gasteiger partial charge in [-0.25, -0.2) is 4.57 Å². The second kappa shape index (κ2) is 49.2. The van der Waals surface area contributed by atoms with Crippen molar-refractivity contribution in [2.45, 2.75) is 383 Å².